The van der Waals surface area contributed by atoms with Crippen LogP contribution in [0.25, 0.3) is 11.0 Å². The third-order valence-corrected chi connectivity index (χ3v) is 4.19. The fraction of sp³-hybridized carbons (Fsp3) is 0.300. The van der Waals surface area contributed by atoms with Gasteiger partial charge in [0.2, 0.25) is 5.78 Å². The summed E-state index contributed by atoms with van der Waals surface area (Å²) in [7, 11) is 0. The minimum atomic E-state index is -1.14. The number of benzene rings is 1. The van der Waals surface area contributed by atoms with Gasteiger partial charge in [0.15, 0.2) is 11.4 Å². The van der Waals surface area contributed by atoms with E-state index in [2.05, 4.69) is 11.3 Å². The molecule has 0 radical (unpaired) electrons. The Bertz CT molecular complexity index is 998. The summed E-state index contributed by atoms with van der Waals surface area (Å²) in [5.74, 6) is -3.75. The lowest BCUT2D eigenvalue weighted by Gasteiger charge is -2.15. The molecule has 0 bridgehead atoms. The van der Waals surface area contributed by atoms with Crippen LogP contribution in [0.1, 0.15) is 47.7 Å². The Morgan fingerprint density at radius 3 is 2.59 bits per heavy atom. The van der Waals surface area contributed by atoms with Crippen molar-refractivity contribution in [2.75, 3.05) is 6.61 Å². The molecule has 1 aromatic carbocycles. The van der Waals surface area contributed by atoms with E-state index >= 15 is 0 Å². The first-order chi connectivity index (χ1) is 12.7. The van der Waals surface area contributed by atoms with E-state index in [4.69, 9.17) is 4.42 Å². The number of Topliss-reactive ketones (excluding diaryl/α,β-unsaturated/α-hetero) is 2. The highest BCUT2D eigenvalue weighted by molar-refractivity contribution is 6.38. The molecule has 2 aromatic rings. The Balaban J connectivity index is 2.69. The lowest BCUT2D eigenvalue weighted by Crippen LogP contribution is -2.21. The Labute approximate surface area is 155 Å². The maximum atomic E-state index is 12.7. The normalized spacial score (nSPS) is 11.8. The monoisotopic (exact) mass is 372 g/mol. The first-order valence-corrected chi connectivity index (χ1v) is 8.37. The predicted octanol–water partition coefficient (Wildman–Crippen LogP) is 2.80. The number of hydrogen-bond donors (Lipinski definition) is 1. The molecule has 27 heavy (non-hydrogen) atoms. The molecule has 2 rings (SSSR count). The standard InChI is InChI=1S/C20H20O7/c1-5-10(3)12-8-13-11(4)7-16(23)27-19(13)17(18(12)24)14(21)9-15(22)20(25)26-6-2/h5,7-8,10,24H,1,6,9H2,2-4H3. The van der Waals surface area contributed by atoms with Crippen LogP contribution in [0.5, 0.6) is 5.75 Å². The molecular formula is C20H20O7. The van der Waals surface area contributed by atoms with Gasteiger partial charge in [-0.1, -0.05) is 13.0 Å². The highest BCUT2D eigenvalue weighted by atomic mass is 16.5. The van der Waals surface area contributed by atoms with Crippen molar-refractivity contribution in [3.05, 3.63) is 51.9 Å². The quantitative estimate of drug-likeness (QED) is 0.199. The van der Waals surface area contributed by atoms with E-state index in [0.29, 0.717) is 16.5 Å². The van der Waals surface area contributed by atoms with Crippen LogP contribution < -0.4 is 5.63 Å². The second-order valence-electron chi connectivity index (χ2n) is 6.08. The summed E-state index contributed by atoms with van der Waals surface area (Å²) in [6, 6.07) is 2.87. The second-order valence-corrected chi connectivity index (χ2v) is 6.08. The van der Waals surface area contributed by atoms with E-state index in [1.807, 2.05) is 0 Å². The molecule has 0 aliphatic rings. The molecule has 7 nitrogen and oxygen atoms in total. The average molecular weight is 372 g/mol. The van der Waals surface area contributed by atoms with Crippen molar-refractivity contribution in [3.63, 3.8) is 0 Å². The van der Waals surface area contributed by atoms with Gasteiger partial charge in [-0.05, 0) is 25.5 Å². The van der Waals surface area contributed by atoms with Crippen LogP contribution in [0.4, 0.5) is 0 Å². The molecule has 0 fully saturated rings. The fourth-order valence-electron chi connectivity index (χ4n) is 2.71. The number of carbonyl (C=O) groups excluding carboxylic acids is 3. The van der Waals surface area contributed by atoms with Gasteiger partial charge in [0.05, 0.1) is 13.0 Å². The van der Waals surface area contributed by atoms with Gasteiger partial charge in [-0.25, -0.2) is 9.59 Å². The molecule has 1 N–H and O–H groups in total. The third kappa shape index (κ3) is 3.97. The predicted molar refractivity (Wildman–Crippen MR) is 98.1 cm³/mol. The van der Waals surface area contributed by atoms with E-state index in [-0.39, 0.29) is 23.7 Å². The SMILES string of the molecule is C=CC(C)c1cc2c(C)cc(=O)oc2c(C(=O)CC(=O)C(=O)OCC)c1O. The number of phenols is 1. The van der Waals surface area contributed by atoms with Crippen molar-refractivity contribution in [2.45, 2.75) is 33.1 Å². The second kappa shape index (κ2) is 7.99. The maximum absolute atomic E-state index is 12.7. The molecule has 0 aliphatic heterocycles. The molecule has 0 aliphatic carbocycles. The van der Waals surface area contributed by atoms with Gasteiger partial charge in [-0.2, -0.15) is 0 Å². The van der Waals surface area contributed by atoms with Crippen LogP contribution >= 0.6 is 0 Å². The minimum absolute atomic E-state index is 0.00660. The number of esters is 1. The number of ketones is 2. The lowest BCUT2D eigenvalue weighted by molar-refractivity contribution is -0.153. The summed E-state index contributed by atoms with van der Waals surface area (Å²) < 4.78 is 9.73. The molecule has 7 heteroatoms. The summed E-state index contributed by atoms with van der Waals surface area (Å²) in [6.45, 7) is 8.63. The van der Waals surface area contributed by atoms with E-state index in [1.165, 1.54) is 13.0 Å². The van der Waals surface area contributed by atoms with Crippen LogP contribution in [-0.2, 0) is 14.3 Å². The Morgan fingerprint density at radius 2 is 2.00 bits per heavy atom. The van der Waals surface area contributed by atoms with Crippen molar-refractivity contribution >= 4 is 28.5 Å². The summed E-state index contributed by atoms with van der Waals surface area (Å²) in [5, 5.41) is 11.1. The zero-order valence-electron chi connectivity index (χ0n) is 15.3. The number of fused-ring (bicyclic) bond motifs is 1. The minimum Gasteiger partial charge on any atom is -0.507 e. The number of allylic oxidation sites excluding steroid dienone is 1. The van der Waals surface area contributed by atoms with Crippen LogP contribution in [0.2, 0.25) is 0 Å². The van der Waals surface area contributed by atoms with E-state index in [1.54, 1.807) is 26.0 Å². The molecule has 1 heterocycles. The highest BCUT2D eigenvalue weighted by Crippen LogP contribution is 2.37. The number of rotatable bonds is 7. The molecule has 0 saturated heterocycles. The van der Waals surface area contributed by atoms with Gasteiger partial charge >= 0.3 is 11.6 Å². The number of carbonyl (C=O) groups is 3. The average Bonchev–Trinajstić information content (AvgIpc) is 2.60. The Kier molecular flexibility index (Phi) is 5.95. The number of aromatic hydroxyl groups is 1. The van der Waals surface area contributed by atoms with E-state index in [0.717, 1.165) is 0 Å². The Hall–Kier alpha value is -3.22. The van der Waals surface area contributed by atoms with Gasteiger partial charge in [-0.15, -0.1) is 6.58 Å². The lowest BCUT2D eigenvalue weighted by atomic mass is 9.91. The summed E-state index contributed by atoms with van der Waals surface area (Å²) in [4.78, 5) is 47.9. The van der Waals surface area contributed by atoms with Crippen LogP contribution in [0.3, 0.4) is 0 Å². The molecule has 0 spiro atoms. The smallest absolute Gasteiger partial charge is 0.375 e. The zero-order chi connectivity index (χ0) is 20.3. The zero-order valence-corrected chi connectivity index (χ0v) is 15.3. The van der Waals surface area contributed by atoms with E-state index in [9.17, 15) is 24.3 Å². The van der Waals surface area contributed by atoms with Crippen molar-refractivity contribution in [1.29, 1.82) is 0 Å². The largest absolute Gasteiger partial charge is 0.507 e. The molecule has 142 valence electrons. The molecule has 1 aromatic heterocycles. The molecule has 0 amide bonds. The van der Waals surface area contributed by atoms with Crippen LogP contribution in [0, 0.1) is 6.92 Å². The number of aryl methyl sites for hydroxylation is 1. The number of ether oxygens (including phenoxy) is 1. The van der Waals surface area contributed by atoms with Crippen LogP contribution in [-0.4, -0.2) is 29.2 Å². The Morgan fingerprint density at radius 1 is 1.33 bits per heavy atom. The molecule has 1 unspecified atom stereocenters. The van der Waals surface area contributed by atoms with Gasteiger partial charge in [-0.3, -0.25) is 9.59 Å². The topological polar surface area (TPSA) is 111 Å². The maximum Gasteiger partial charge on any atom is 0.375 e. The molecule has 0 saturated carbocycles. The van der Waals surface area contributed by atoms with Crippen molar-refractivity contribution in [2.24, 2.45) is 0 Å². The van der Waals surface area contributed by atoms with Crippen molar-refractivity contribution in [1.82, 2.24) is 0 Å². The number of hydrogen-bond acceptors (Lipinski definition) is 7. The fourth-order valence-corrected chi connectivity index (χ4v) is 2.71. The van der Waals surface area contributed by atoms with Crippen LogP contribution in [0.15, 0.2) is 34.0 Å². The summed E-state index contributed by atoms with van der Waals surface area (Å²) in [5.41, 5.74) is -0.200. The first-order valence-electron chi connectivity index (χ1n) is 8.37. The number of phenolic OH excluding ortho intramolecular Hbond substituents is 1. The van der Waals surface area contributed by atoms with Crippen molar-refractivity contribution < 1.29 is 28.6 Å². The van der Waals surface area contributed by atoms with E-state index < -0.39 is 35.3 Å². The van der Waals surface area contributed by atoms with Gasteiger partial charge < -0.3 is 14.3 Å². The van der Waals surface area contributed by atoms with Gasteiger partial charge in [0.25, 0.3) is 0 Å². The summed E-state index contributed by atoms with van der Waals surface area (Å²) >= 11 is 0. The van der Waals surface area contributed by atoms with Crippen molar-refractivity contribution in [3.8, 4) is 5.75 Å². The van der Waals surface area contributed by atoms with Gasteiger partial charge in [0, 0.05) is 22.9 Å². The molecular weight excluding hydrogens is 352 g/mol. The summed E-state index contributed by atoms with van der Waals surface area (Å²) in [6.07, 6.45) is 0.762. The first kappa shape index (κ1) is 20.1. The third-order valence-electron chi connectivity index (χ3n) is 4.19. The molecule has 1 atom stereocenters. The van der Waals surface area contributed by atoms with Gasteiger partial charge in [0.1, 0.15) is 11.3 Å². The highest BCUT2D eigenvalue weighted by Gasteiger charge is 2.27.